The molecule has 5 heteroatoms. The lowest BCUT2D eigenvalue weighted by molar-refractivity contribution is 0.414. The third-order valence-electron chi connectivity index (χ3n) is 1.58. The van der Waals surface area contributed by atoms with E-state index < -0.39 is 0 Å². The van der Waals surface area contributed by atoms with Gasteiger partial charge < -0.3 is 16.3 Å². The molecule has 1 aromatic carbocycles. The molecule has 13 heavy (non-hydrogen) atoms. The van der Waals surface area contributed by atoms with Gasteiger partial charge in [0.25, 0.3) is 0 Å². The normalized spacial score (nSPS) is 11.4. The number of rotatable bonds is 2. The first-order valence-electron chi connectivity index (χ1n) is 3.56. The number of benzene rings is 1. The summed E-state index contributed by atoms with van der Waals surface area (Å²) in [6, 6.07) is 5.04. The third kappa shape index (κ3) is 2.03. The standard InChI is InChI=1S/C8H10ClN3O/c1-13-7-4-5(9)2-3-6(7)8(10)12-11/h2-4H,11H2,1H3,(H2,10,12). The van der Waals surface area contributed by atoms with Crippen LogP contribution in [0, 0.1) is 0 Å². The zero-order chi connectivity index (χ0) is 9.84. The highest BCUT2D eigenvalue weighted by Crippen LogP contribution is 2.22. The molecule has 0 aliphatic rings. The number of halogens is 1. The molecule has 0 unspecified atom stereocenters. The van der Waals surface area contributed by atoms with Crippen LogP contribution in [0.2, 0.25) is 5.02 Å². The average Bonchev–Trinajstić information content (AvgIpc) is 2.16. The molecule has 70 valence electrons. The fourth-order valence-electron chi connectivity index (χ4n) is 0.946. The van der Waals surface area contributed by atoms with Gasteiger partial charge in [-0.3, -0.25) is 0 Å². The second-order valence-corrected chi connectivity index (χ2v) is 2.80. The maximum atomic E-state index is 5.75. The molecule has 0 aliphatic heterocycles. The van der Waals surface area contributed by atoms with Crippen molar-refractivity contribution in [3.63, 3.8) is 0 Å². The molecule has 0 bridgehead atoms. The Morgan fingerprint density at radius 3 is 2.77 bits per heavy atom. The molecule has 0 heterocycles. The fraction of sp³-hybridized carbons (Fsp3) is 0.125. The van der Waals surface area contributed by atoms with Gasteiger partial charge in [0, 0.05) is 5.02 Å². The van der Waals surface area contributed by atoms with Crippen molar-refractivity contribution in [3.8, 4) is 5.75 Å². The highest BCUT2D eigenvalue weighted by atomic mass is 35.5. The molecule has 0 fully saturated rings. The lowest BCUT2D eigenvalue weighted by atomic mass is 10.2. The number of nitrogens with zero attached hydrogens (tertiary/aromatic N) is 1. The van der Waals surface area contributed by atoms with Crippen LogP contribution in [0.3, 0.4) is 0 Å². The number of methoxy groups -OCH3 is 1. The maximum Gasteiger partial charge on any atom is 0.154 e. The van der Waals surface area contributed by atoms with Crippen LogP contribution in [0.4, 0.5) is 0 Å². The summed E-state index contributed by atoms with van der Waals surface area (Å²) in [5, 5.41) is 3.94. The summed E-state index contributed by atoms with van der Waals surface area (Å²) in [7, 11) is 1.53. The highest BCUT2D eigenvalue weighted by molar-refractivity contribution is 6.30. The smallest absolute Gasteiger partial charge is 0.154 e. The first-order valence-corrected chi connectivity index (χ1v) is 3.94. The molecule has 0 radical (unpaired) electrons. The molecule has 0 spiro atoms. The lowest BCUT2D eigenvalue weighted by Gasteiger charge is -2.06. The minimum Gasteiger partial charge on any atom is -0.496 e. The van der Waals surface area contributed by atoms with Crippen LogP contribution >= 0.6 is 11.6 Å². The van der Waals surface area contributed by atoms with E-state index in [9.17, 15) is 0 Å². The van der Waals surface area contributed by atoms with E-state index in [1.807, 2.05) is 0 Å². The van der Waals surface area contributed by atoms with E-state index in [2.05, 4.69) is 5.10 Å². The third-order valence-corrected chi connectivity index (χ3v) is 1.81. The first kappa shape index (κ1) is 9.67. The lowest BCUT2D eigenvalue weighted by Crippen LogP contribution is -2.16. The Hall–Kier alpha value is -1.42. The van der Waals surface area contributed by atoms with Gasteiger partial charge in [-0.15, -0.1) is 0 Å². The number of ether oxygens (including phenoxy) is 1. The Kier molecular flexibility index (Phi) is 2.97. The van der Waals surface area contributed by atoms with E-state index in [1.54, 1.807) is 18.2 Å². The van der Waals surface area contributed by atoms with E-state index in [0.717, 1.165) is 0 Å². The van der Waals surface area contributed by atoms with E-state index in [1.165, 1.54) is 7.11 Å². The molecule has 1 aromatic rings. The van der Waals surface area contributed by atoms with Crippen molar-refractivity contribution in [2.45, 2.75) is 0 Å². The van der Waals surface area contributed by atoms with Gasteiger partial charge >= 0.3 is 0 Å². The zero-order valence-electron chi connectivity index (χ0n) is 7.12. The van der Waals surface area contributed by atoms with Crippen molar-refractivity contribution in [2.75, 3.05) is 7.11 Å². The SMILES string of the molecule is COc1cc(Cl)ccc1C(N)=NN. The zero-order valence-corrected chi connectivity index (χ0v) is 7.88. The van der Waals surface area contributed by atoms with E-state index in [4.69, 9.17) is 27.9 Å². The molecule has 0 atom stereocenters. The van der Waals surface area contributed by atoms with Crippen LogP contribution in [0.15, 0.2) is 23.3 Å². The summed E-state index contributed by atoms with van der Waals surface area (Å²) in [5.41, 5.74) is 6.16. The number of hydrazone groups is 1. The molecule has 0 amide bonds. The van der Waals surface area contributed by atoms with Gasteiger partial charge in [0.15, 0.2) is 5.84 Å². The summed E-state index contributed by atoms with van der Waals surface area (Å²) in [6.07, 6.45) is 0. The van der Waals surface area contributed by atoms with Gasteiger partial charge in [-0.2, -0.15) is 5.10 Å². The highest BCUT2D eigenvalue weighted by Gasteiger charge is 2.06. The quantitative estimate of drug-likeness (QED) is 0.322. The molecule has 4 N–H and O–H groups in total. The minimum absolute atomic E-state index is 0.216. The number of hydrogen-bond donors (Lipinski definition) is 2. The van der Waals surface area contributed by atoms with Crippen LogP contribution in [-0.4, -0.2) is 12.9 Å². The predicted molar refractivity (Wildman–Crippen MR) is 52.9 cm³/mol. The van der Waals surface area contributed by atoms with E-state index in [0.29, 0.717) is 16.3 Å². The molecule has 0 saturated heterocycles. The molecule has 1 rings (SSSR count). The average molecular weight is 200 g/mol. The van der Waals surface area contributed by atoms with Gasteiger partial charge in [0.1, 0.15) is 5.75 Å². The molecular weight excluding hydrogens is 190 g/mol. The maximum absolute atomic E-state index is 5.75. The first-order chi connectivity index (χ1) is 6.19. The summed E-state index contributed by atoms with van der Waals surface area (Å²) in [5.74, 6) is 5.81. The van der Waals surface area contributed by atoms with Crippen molar-refractivity contribution in [3.05, 3.63) is 28.8 Å². The van der Waals surface area contributed by atoms with Crippen LogP contribution in [0.1, 0.15) is 5.56 Å². The summed E-state index contributed by atoms with van der Waals surface area (Å²) in [4.78, 5) is 0. The monoisotopic (exact) mass is 199 g/mol. The Balaban J connectivity index is 3.21. The van der Waals surface area contributed by atoms with Crippen molar-refractivity contribution in [1.82, 2.24) is 0 Å². The summed E-state index contributed by atoms with van der Waals surface area (Å²) in [6.45, 7) is 0. The van der Waals surface area contributed by atoms with Gasteiger partial charge in [0.2, 0.25) is 0 Å². The van der Waals surface area contributed by atoms with Gasteiger partial charge in [-0.1, -0.05) is 11.6 Å². The van der Waals surface area contributed by atoms with Crippen molar-refractivity contribution < 1.29 is 4.74 Å². The Bertz CT molecular complexity index is 338. The molecule has 0 saturated carbocycles. The topological polar surface area (TPSA) is 73.6 Å². The number of hydrogen-bond acceptors (Lipinski definition) is 3. The van der Waals surface area contributed by atoms with Gasteiger partial charge in [-0.25, -0.2) is 0 Å². The largest absolute Gasteiger partial charge is 0.496 e. The Morgan fingerprint density at radius 1 is 1.54 bits per heavy atom. The molecule has 0 aromatic heterocycles. The van der Waals surface area contributed by atoms with Gasteiger partial charge in [0.05, 0.1) is 12.7 Å². The molecular formula is C8H10ClN3O. The molecule has 0 aliphatic carbocycles. The molecule has 4 nitrogen and oxygen atoms in total. The van der Waals surface area contributed by atoms with Crippen molar-refractivity contribution >= 4 is 17.4 Å². The fourth-order valence-corrected chi connectivity index (χ4v) is 1.11. The van der Waals surface area contributed by atoms with Crippen LogP contribution in [0.5, 0.6) is 5.75 Å². The second-order valence-electron chi connectivity index (χ2n) is 2.36. The predicted octanol–water partition coefficient (Wildman–Crippen LogP) is 0.928. The van der Waals surface area contributed by atoms with Gasteiger partial charge in [-0.05, 0) is 18.2 Å². The number of amidine groups is 1. The number of nitrogens with two attached hydrogens (primary N) is 2. The van der Waals surface area contributed by atoms with Crippen LogP contribution in [-0.2, 0) is 0 Å². The van der Waals surface area contributed by atoms with Crippen molar-refractivity contribution in [2.24, 2.45) is 16.7 Å². The Labute approximate surface area is 81.1 Å². The Morgan fingerprint density at radius 2 is 2.23 bits per heavy atom. The summed E-state index contributed by atoms with van der Waals surface area (Å²) >= 11 is 5.75. The van der Waals surface area contributed by atoms with E-state index >= 15 is 0 Å². The van der Waals surface area contributed by atoms with E-state index in [-0.39, 0.29) is 5.84 Å². The van der Waals surface area contributed by atoms with Crippen LogP contribution in [0.25, 0.3) is 0 Å². The summed E-state index contributed by atoms with van der Waals surface area (Å²) < 4.78 is 5.05. The second kappa shape index (κ2) is 4.00. The minimum atomic E-state index is 0.216. The van der Waals surface area contributed by atoms with Crippen LogP contribution < -0.4 is 16.3 Å². The van der Waals surface area contributed by atoms with Crippen molar-refractivity contribution in [1.29, 1.82) is 0 Å².